The van der Waals surface area contributed by atoms with Crippen molar-refractivity contribution in [2.24, 2.45) is 5.10 Å². The molecule has 0 radical (unpaired) electrons. The Bertz CT molecular complexity index is 1140. The molecule has 1 aliphatic rings. The topological polar surface area (TPSA) is 93.8 Å². The lowest BCUT2D eigenvalue weighted by Crippen LogP contribution is -2.22. The van der Waals surface area contributed by atoms with Crippen molar-refractivity contribution in [2.45, 2.75) is 26.2 Å². The molecule has 0 atom stereocenters. The van der Waals surface area contributed by atoms with Gasteiger partial charge in [-0.15, -0.1) is 0 Å². The highest BCUT2D eigenvalue weighted by atomic mass is 79.9. The summed E-state index contributed by atoms with van der Waals surface area (Å²) in [6.07, 6.45) is 5.22. The van der Waals surface area contributed by atoms with Crippen LogP contribution in [-0.4, -0.2) is 22.6 Å². The third-order valence-electron chi connectivity index (χ3n) is 4.77. The van der Waals surface area contributed by atoms with Gasteiger partial charge in [0.05, 0.1) is 17.5 Å². The third kappa shape index (κ3) is 4.04. The molecule has 7 nitrogen and oxygen atoms in total. The number of rotatable bonds is 4. The average molecular weight is 468 g/mol. The largest absolute Gasteiger partial charge is 0.453 e. The maximum absolute atomic E-state index is 12.6. The molecule has 0 fully saturated rings. The van der Waals surface area contributed by atoms with Crippen LogP contribution in [0.25, 0.3) is 0 Å². The van der Waals surface area contributed by atoms with Crippen LogP contribution in [0.15, 0.2) is 62.8 Å². The maximum Gasteiger partial charge on any atom is 0.379 e. The first-order chi connectivity index (χ1) is 14.5. The van der Waals surface area contributed by atoms with Crippen molar-refractivity contribution in [1.82, 2.24) is 10.4 Å². The summed E-state index contributed by atoms with van der Waals surface area (Å²) in [5.74, 6) is 0.234. The van der Waals surface area contributed by atoms with Crippen molar-refractivity contribution < 1.29 is 18.7 Å². The molecule has 0 spiro atoms. The molecule has 0 saturated heterocycles. The van der Waals surface area contributed by atoms with Gasteiger partial charge >= 0.3 is 5.97 Å². The van der Waals surface area contributed by atoms with Gasteiger partial charge in [0.2, 0.25) is 5.76 Å². The summed E-state index contributed by atoms with van der Waals surface area (Å²) in [5.41, 5.74) is 5.18. The summed E-state index contributed by atoms with van der Waals surface area (Å²) in [7, 11) is 0. The number of hydrogen-bond donors (Lipinski definition) is 1. The van der Waals surface area contributed by atoms with E-state index in [0.717, 1.165) is 12.0 Å². The monoisotopic (exact) mass is 467 g/mol. The molecule has 2 heterocycles. The molecule has 0 unspecified atom stereocenters. The Morgan fingerprint density at radius 2 is 2.03 bits per heavy atom. The number of pyridine rings is 1. The van der Waals surface area contributed by atoms with E-state index in [9.17, 15) is 9.59 Å². The zero-order chi connectivity index (χ0) is 21.1. The van der Waals surface area contributed by atoms with Crippen LogP contribution in [0.2, 0.25) is 0 Å². The van der Waals surface area contributed by atoms with Crippen LogP contribution in [0.4, 0.5) is 0 Å². The second kappa shape index (κ2) is 8.62. The summed E-state index contributed by atoms with van der Waals surface area (Å²) < 4.78 is 11.9. The summed E-state index contributed by atoms with van der Waals surface area (Å²) in [6.45, 7) is 1.79. The Hall–Kier alpha value is -3.26. The Morgan fingerprint density at radius 1 is 1.20 bits per heavy atom. The number of amides is 1. The third-order valence-corrected chi connectivity index (χ3v) is 5.46. The van der Waals surface area contributed by atoms with Gasteiger partial charge in [-0.05, 0) is 60.0 Å². The number of furan rings is 1. The number of benzene rings is 1. The average Bonchev–Trinajstić information content (AvgIpc) is 3.10. The second-order valence-corrected chi connectivity index (χ2v) is 7.62. The molecule has 152 valence electrons. The summed E-state index contributed by atoms with van der Waals surface area (Å²) in [6, 6.07) is 10.4. The number of carbonyl (C=O) groups is 2. The van der Waals surface area contributed by atoms with Crippen molar-refractivity contribution in [1.29, 1.82) is 0 Å². The fourth-order valence-corrected chi connectivity index (χ4v) is 3.82. The molecular weight excluding hydrogens is 450 g/mol. The highest BCUT2D eigenvalue weighted by Gasteiger charge is 2.29. The van der Waals surface area contributed by atoms with Crippen molar-refractivity contribution in [2.75, 3.05) is 0 Å². The Kier molecular flexibility index (Phi) is 5.76. The number of halogens is 1. The predicted molar refractivity (Wildman–Crippen MR) is 114 cm³/mol. The van der Waals surface area contributed by atoms with Gasteiger partial charge in [0.1, 0.15) is 11.5 Å². The number of hydrazone groups is 1. The van der Waals surface area contributed by atoms with Crippen LogP contribution in [0.1, 0.15) is 50.6 Å². The molecule has 1 N–H and O–H groups in total. The van der Waals surface area contributed by atoms with E-state index in [4.69, 9.17) is 9.15 Å². The SMILES string of the molecule is Cc1c(C(=O)Oc2cccnc2)oc2c1/C(=N/NC(=O)c1ccccc1Br)CCC2. The van der Waals surface area contributed by atoms with E-state index in [-0.39, 0.29) is 11.7 Å². The number of nitrogens with zero attached hydrogens (tertiary/aromatic N) is 2. The molecule has 0 saturated carbocycles. The van der Waals surface area contributed by atoms with Crippen LogP contribution < -0.4 is 10.2 Å². The Morgan fingerprint density at radius 3 is 2.80 bits per heavy atom. The molecular formula is C22H18BrN3O4. The lowest BCUT2D eigenvalue weighted by molar-refractivity contribution is 0.0697. The van der Waals surface area contributed by atoms with E-state index in [1.165, 1.54) is 6.20 Å². The van der Waals surface area contributed by atoms with E-state index in [2.05, 4.69) is 31.4 Å². The molecule has 1 amide bonds. The van der Waals surface area contributed by atoms with Gasteiger partial charge in [-0.25, -0.2) is 10.2 Å². The van der Waals surface area contributed by atoms with Gasteiger partial charge in [0, 0.05) is 28.2 Å². The number of fused-ring (bicyclic) bond motifs is 1. The van der Waals surface area contributed by atoms with Gasteiger partial charge in [0.25, 0.3) is 5.91 Å². The van der Waals surface area contributed by atoms with Gasteiger partial charge in [-0.3, -0.25) is 9.78 Å². The van der Waals surface area contributed by atoms with Gasteiger partial charge in [-0.1, -0.05) is 12.1 Å². The first kappa shape index (κ1) is 20.0. The second-order valence-electron chi connectivity index (χ2n) is 6.77. The predicted octanol–water partition coefficient (Wildman–Crippen LogP) is 4.44. The molecule has 3 aromatic rings. The first-order valence-corrected chi connectivity index (χ1v) is 10.2. The van der Waals surface area contributed by atoms with Crippen LogP contribution in [0, 0.1) is 6.92 Å². The standard InChI is InChI=1S/C22H18BrN3O4/c1-13-19-17(25-26-21(27)15-7-2-3-8-16(15)23)9-4-10-18(19)30-20(13)22(28)29-14-6-5-11-24-12-14/h2-3,5-8,11-12H,4,9-10H2,1H3,(H,26,27)/b25-17+. The quantitative estimate of drug-likeness (QED) is 0.452. The van der Waals surface area contributed by atoms with Crippen molar-refractivity contribution in [3.05, 3.63) is 81.5 Å². The normalized spacial score (nSPS) is 14.3. The molecule has 1 aromatic carbocycles. The van der Waals surface area contributed by atoms with Crippen LogP contribution >= 0.6 is 15.9 Å². The van der Waals surface area contributed by atoms with Crippen LogP contribution in [-0.2, 0) is 6.42 Å². The molecule has 30 heavy (non-hydrogen) atoms. The lowest BCUT2D eigenvalue weighted by atomic mass is 9.93. The van der Waals surface area contributed by atoms with E-state index in [1.54, 1.807) is 43.5 Å². The number of ether oxygens (including phenoxy) is 1. The fourth-order valence-electron chi connectivity index (χ4n) is 3.36. The van der Waals surface area contributed by atoms with E-state index in [1.807, 2.05) is 6.07 Å². The molecule has 8 heteroatoms. The number of aromatic nitrogens is 1. The Labute approximate surface area is 181 Å². The molecule has 4 rings (SSSR count). The minimum atomic E-state index is -0.591. The van der Waals surface area contributed by atoms with Crippen molar-refractivity contribution >= 4 is 33.5 Å². The molecule has 0 bridgehead atoms. The van der Waals surface area contributed by atoms with E-state index < -0.39 is 5.97 Å². The molecule has 2 aromatic heterocycles. The van der Waals surface area contributed by atoms with Crippen LogP contribution in [0.3, 0.4) is 0 Å². The smallest absolute Gasteiger partial charge is 0.379 e. The minimum absolute atomic E-state index is 0.135. The summed E-state index contributed by atoms with van der Waals surface area (Å²) in [4.78, 5) is 29.0. The van der Waals surface area contributed by atoms with Gasteiger partial charge in [0.15, 0.2) is 0 Å². The lowest BCUT2D eigenvalue weighted by Gasteiger charge is -2.13. The molecule has 0 aliphatic heterocycles. The van der Waals surface area contributed by atoms with Crippen LogP contribution in [0.5, 0.6) is 5.75 Å². The van der Waals surface area contributed by atoms with E-state index in [0.29, 0.717) is 45.7 Å². The number of aryl methyl sites for hydroxylation is 1. The maximum atomic E-state index is 12.6. The van der Waals surface area contributed by atoms with Crippen molar-refractivity contribution in [3.63, 3.8) is 0 Å². The van der Waals surface area contributed by atoms with Gasteiger partial charge < -0.3 is 9.15 Å². The summed E-state index contributed by atoms with van der Waals surface area (Å²) in [5, 5.41) is 4.33. The zero-order valence-electron chi connectivity index (χ0n) is 16.1. The number of hydrogen-bond acceptors (Lipinski definition) is 6. The Balaban J connectivity index is 1.58. The van der Waals surface area contributed by atoms with Crippen molar-refractivity contribution in [3.8, 4) is 5.75 Å². The highest BCUT2D eigenvalue weighted by Crippen LogP contribution is 2.30. The summed E-state index contributed by atoms with van der Waals surface area (Å²) >= 11 is 3.37. The van der Waals surface area contributed by atoms with Gasteiger partial charge in [-0.2, -0.15) is 5.10 Å². The van der Waals surface area contributed by atoms with E-state index >= 15 is 0 Å². The number of nitrogens with one attached hydrogen (secondary N) is 1. The fraction of sp³-hybridized carbons (Fsp3) is 0.182. The molecule has 1 aliphatic carbocycles. The zero-order valence-corrected chi connectivity index (χ0v) is 17.7. The number of carbonyl (C=O) groups excluding carboxylic acids is 2. The minimum Gasteiger partial charge on any atom is -0.453 e. The first-order valence-electron chi connectivity index (χ1n) is 9.41. The highest BCUT2D eigenvalue weighted by molar-refractivity contribution is 9.10. The number of esters is 1.